The number of rotatable bonds is 7. The lowest BCUT2D eigenvalue weighted by atomic mass is 10.1. The molecule has 1 atom stereocenters. The van der Waals surface area contributed by atoms with Crippen molar-refractivity contribution in [1.82, 2.24) is 34.0 Å². The molecule has 0 bridgehead atoms. The Morgan fingerprint density at radius 3 is 2.80 bits per heavy atom. The van der Waals surface area contributed by atoms with Gasteiger partial charge in [-0.05, 0) is 24.1 Å². The second-order valence-electron chi connectivity index (χ2n) is 9.50. The average Bonchev–Trinajstić information content (AvgIpc) is 3.64. The van der Waals surface area contributed by atoms with Crippen LogP contribution >= 0.6 is 11.6 Å². The number of nitrogens with zero attached hydrogens (tertiary/aromatic N) is 7. The minimum Gasteiger partial charge on any atom is -0.450 e. The average molecular weight is 573 g/mol. The van der Waals surface area contributed by atoms with E-state index >= 15 is 0 Å². The molecule has 1 aromatic carbocycles. The van der Waals surface area contributed by atoms with Crippen molar-refractivity contribution < 1.29 is 22.6 Å². The van der Waals surface area contributed by atoms with Crippen molar-refractivity contribution in [2.45, 2.75) is 25.2 Å². The van der Waals surface area contributed by atoms with Gasteiger partial charge in [-0.3, -0.25) is 9.88 Å². The molecular weight excluding hydrogens is 549 g/mol. The summed E-state index contributed by atoms with van der Waals surface area (Å²) in [6.45, 7) is 1.47. The van der Waals surface area contributed by atoms with E-state index in [1.807, 2.05) is 4.90 Å². The summed E-state index contributed by atoms with van der Waals surface area (Å²) in [4.78, 5) is 14.8. The van der Waals surface area contributed by atoms with Crippen molar-refractivity contribution in [3.63, 3.8) is 0 Å². The van der Waals surface area contributed by atoms with Crippen molar-refractivity contribution in [3.8, 4) is 11.5 Å². The largest absolute Gasteiger partial charge is 0.450 e. The standard InChI is InChI=1S/C26H24ClF3N8O2/c1-36-23-22(27)21(40-20-12-33-38-8-6-31-10-19(20)38)11-32-24(23)35-25(36)34-16-4-3-15(18(9-16)26(28,29)30)13-37-7-5-17(14-37)39-2/h3-4,6,8-12,17H,5,7,13-14H2,1-2H3,(H,32,34,35)/t17-/m1/s1. The number of likely N-dealkylation sites (tertiary alicyclic amines) is 1. The molecule has 0 aliphatic carbocycles. The Bertz CT molecular complexity index is 1700. The minimum absolute atomic E-state index is 0.0378. The normalized spacial score (nSPS) is 16.3. The fourth-order valence-corrected chi connectivity index (χ4v) is 5.16. The molecule has 1 fully saturated rings. The van der Waals surface area contributed by atoms with Crippen molar-refractivity contribution in [1.29, 1.82) is 0 Å². The third kappa shape index (κ3) is 4.91. The number of nitrogens with one attached hydrogen (secondary N) is 1. The number of methoxy groups -OCH3 is 1. The monoisotopic (exact) mass is 572 g/mol. The number of aromatic nitrogens is 6. The zero-order valence-electron chi connectivity index (χ0n) is 21.5. The van der Waals surface area contributed by atoms with Gasteiger partial charge in [0.25, 0.3) is 0 Å². The van der Waals surface area contributed by atoms with Gasteiger partial charge in [0.15, 0.2) is 17.1 Å². The highest BCUT2D eigenvalue weighted by atomic mass is 35.5. The maximum atomic E-state index is 14.0. The molecule has 1 aliphatic rings. The number of hydrogen-bond acceptors (Lipinski definition) is 8. The maximum Gasteiger partial charge on any atom is 0.416 e. The van der Waals surface area contributed by atoms with Crippen LogP contribution in [0.4, 0.5) is 24.8 Å². The van der Waals surface area contributed by atoms with Gasteiger partial charge in [0.1, 0.15) is 16.1 Å². The number of hydrogen-bond donors (Lipinski definition) is 1. The Kier molecular flexibility index (Phi) is 6.72. The van der Waals surface area contributed by atoms with Gasteiger partial charge in [0.05, 0.1) is 30.3 Å². The summed E-state index contributed by atoms with van der Waals surface area (Å²) in [6, 6.07) is 4.20. The van der Waals surface area contributed by atoms with Crippen LogP contribution < -0.4 is 10.1 Å². The van der Waals surface area contributed by atoms with Gasteiger partial charge in [0.2, 0.25) is 5.95 Å². The van der Waals surface area contributed by atoms with Crippen LogP contribution in [0.5, 0.6) is 11.5 Å². The first-order chi connectivity index (χ1) is 19.2. The fraction of sp³-hybridized carbons (Fsp3) is 0.308. The van der Waals surface area contributed by atoms with Crippen LogP contribution in [0.25, 0.3) is 16.7 Å². The minimum atomic E-state index is -4.52. The molecule has 5 aromatic rings. The molecule has 5 heterocycles. The highest BCUT2D eigenvalue weighted by molar-refractivity contribution is 6.36. The SMILES string of the molecule is CO[C@@H]1CCN(Cc2ccc(Nc3nc4ncc(Oc5cnn6ccncc56)c(Cl)c4n3C)cc2C(F)(F)F)C1. The van der Waals surface area contributed by atoms with Gasteiger partial charge in [-0.25, -0.2) is 9.50 Å². The van der Waals surface area contributed by atoms with E-state index in [9.17, 15) is 13.2 Å². The molecule has 0 spiro atoms. The molecule has 0 unspecified atom stereocenters. The molecule has 1 N–H and O–H groups in total. The summed E-state index contributed by atoms with van der Waals surface area (Å²) >= 11 is 6.68. The maximum absolute atomic E-state index is 14.0. The number of aryl methyl sites for hydroxylation is 1. The lowest BCUT2D eigenvalue weighted by molar-refractivity contribution is -0.138. The molecular formula is C26H24ClF3N8O2. The zero-order chi connectivity index (χ0) is 28.0. The Balaban J connectivity index is 1.28. The third-order valence-electron chi connectivity index (χ3n) is 6.94. The van der Waals surface area contributed by atoms with Crippen molar-refractivity contribution in [3.05, 3.63) is 65.3 Å². The molecule has 208 valence electrons. The highest BCUT2D eigenvalue weighted by Crippen LogP contribution is 2.38. The zero-order valence-corrected chi connectivity index (χ0v) is 22.2. The number of fused-ring (bicyclic) bond motifs is 2. The molecule has 0 saturated carbocycles. The van der Waals surface area contributed by atoms with E-state index in [-0.39, 0.29) is 40.6 Å². The predicted molar refractivity (Wildman–Crippen MR) is 142 cm³/mol. The Morgan fingerprint density at radius 1 is 1.18 bits per heavy atom. The number of imidazole rings is 1. The molecule has 10 nitrogen and oxygen atoms in total. The van der Waals surface area contributed by atoms with Gasteiger partial charge in [0, 0.05) is 51.9 Å². The summed E-state index contributed by atoms with van der Waals surface area (Å²) in [5, 5.41) is 7.44. The molecule has 1 aliphatic heterocycles. The van der Waals surface area contributed by atoms with Crippen molar-refractivity contribution in [2.24, 2.45) is 7.05 Å². The van der Waals surface area contributed by atoms with E-state index in [4.69, 9.17) is 21.1 Å². The molecule has 0 amide bonds. The Morgan fingerprint density at radius 2 is 2.02 bits per heavy atom. The predicted octanol–water partition coefficient (Wildman–Crippen LogP) is 5.44. The summed E-state index contributed by atoms with van der Waals surface area (Å²) in [6.07, 6.45) is 4.18. The number of anilines is 2. The van der Waals surface area contributed by atoms with E-state index < -0.39 is 11.7 Å². The second-order valence-corrected chi connectivity index (χ2v) is 9.87. The smallest absolute Gasteiger partial charge is 0.416 e. The number of alkyl halides is 3. The number of halogens is 4. The first-order valence-corrected chi connectivity index (χ1v) is 12.8. The highest BCUT2D eigenvalue weighted by Gasteiger charge is 2.35. The van der Waals surface area contributed by atoms with E-state index in [0.717, 1.165) is 12.5 Å². The summed E-state index contributed by atoms with van der Waals surface area (Å²) < 4.78 is 56.7. The molecule has 0 radical (unpaired) electrons. The lowest BCUT2D eigenvalue weighted by Crippen LogP contribution is -2.24. The van der Waals surface area contributed by atoms with Gasteiger partial charge < -0.3 is 19.4 Å². The van der Waals surface area contributed by atoms with Gasteiger partial charge in [-0.1, -0.05) is 17.7 Å². The van der Waals surface area contributed by atoms with Gasteiger partial charge >= 0.3 is 6.18 Å². The van der Waals surface area contributed by atoms with Crippen LogP contribution in [0.2, 0.25) is 5.02 Å². The number of ether oxygens (including phenoxy) is 2. The summed E-state index contributed by atoms with van der Waals surface area (Å²) in [5.41, 5.74) is 1.13. The number of benzene rings is 1. The van der Waals surface area contributed by atoms with Crippen LogP contribution in [0, 0.1) is 0 Å². The van der Waals surface area contributed by atoms with Crippen LogP contribution in [-0.2, 0) is 24.5 Å². The third-order valence-corrected chi connectivity index (χ3v) is 7.31. The van der Waals surface area contributed by atoms with Crippen LogP contribution in [0.1, 0.15) is 17.5 Å². The van der Waals surface area contributed by atoms with E-state index in [0.29, 0.717) is 35.5 Å². The van der Waals surface area contributed by atoms with Crippen LogP contribution in [0.15, 0.2) is 49.2 Å². The van der Waals surface area contributed by atoms with Gasteiger partial charge in [-0.2, -0.15) is 23.3 Å². The molecule has 40 heavy (non-hydrogen) atoms. The van der Waals surface area contributed by atoms with Crippen LogP contribution in [0.3, 0.4) is 0 Å². The van der Waals surface area contributed by atoms with Gasteiger partial charge in [-0.15, -0.1) is 0 Å². The Hall–Kier alpha value is -3.94. The first kappa shape index (κ1) is 26.3. The molecule has 4 aromatic heterocycles. The quantitative estimate of drug-likeness (QED) is 0.275. The second kappa shape index (κ2) is 10.2. The van der Waals surface area contributed by atoms with E-state index in [1.54, 1.807) is 47.9 Å². The summed E-state index contributed by atoms with van der Waals surface area (Å²) in [7, 11) is 3.31. The first-order valence-electron chi connectivity index (χ1n) is 12.4. The topological polar surface area (TPSA) is 94.6 Å². The van der Waals surface area contributed by atoms with Crippen molar-refractivity contribution in [2.75, 3.05) is 25.5 Å². The Labute approximate surface area is 231 Å². The fourth-order valence-electron chi connectivity index (χ4n) is 4.86. The summed E-state index contributed by atoms with van der Waals surface area (Å²) in [5.74, 6) is 0.969. The lowest BCUT2D eigenvalue weighted by Gasteiger charge is -2.20. The van der Waals surface area contributed by atoms with E-state index in [1.165, 1.54) is 18.5 Å². The van der Waals surface area contributed by atoms with Crippen molar-refractivity contribution >= 4 is 39.9 Å². The molecule has 6 rings (SSSR count). The number of pyridine rings is 1. The molecule has 14 heteroatoms. The van der Waals surface area contributed by atoms with Crippen LogP contribution in [-0.4, -0.2) is 60.3 Å². The molecule has 1 saturated heterocycles. The van der Waals surface area contributed by atoms with E-state index in [2.05, 4.69) is 25.4 Å².